The third kappa shape index (κ3) is 14.6. The van der Waals surface area contributed by atoms with Crippen molar-refractivity contribution in [2.45, 2.75) is 45.1 Å². The molecule has 2 aromatic carbocycles. The summed E-state index contributed by atoms with van der Waals surface area (Å²) >= 11 is 0. The summed E-state index contributed by atoms with van der Waals surface area (Å²) in [5, 5.41) is 25.1. The Labute approximate surface area is 251 Å². The minimum Gasteiger partial charge on any atom is -0.438 e. The van der Waals surface area contributed by atoms with Gasteiger partial charge in [0.25, 0.3) is 0 Å². The lowest BCUT2D eigenvalue weighted by atomic mass is 10.1. The summed E-state index contributed by atoms with van der Waals surface area (Å²) in [5.74, 6) is 0.162. The number of alkyl carbamates (subject to hydrolysis) is 2. The number of amides is 2. The summed E-state index contributed by atoms with van der Waals surface area (Å²) in [4.78, 5) is 24.7. The summed E-state index contributed by atoms with van der Waals surface area (Å²) < 4.78 is 12.1. The molecular formula is C32H52N4O6+2. The first kappa shape index (κ1) is 35.0. The van der Waals surface area contributed by atoms with Crippen molar-refractivity contribution in [2.75, 3.05) is 67.6 Å². The number of hydrogen-bond donors (Lipinski definition) is 4. The first-order chi connectivity index (χ1) is 19.9. The maximum Gasteiger partial charge on any atom is 0.407 e. The van der Waals surface area contributed by atoms with Gasteiger partial charge >= 0.3 is 12.2 Å². The largest absolute Gasteiger partial charge is 0.438 e. The van der Waals surface area contributed by atoms with Crippen LogP contribution in [0, 0.1) is 5.92 Å². The number of aliphatic hydroxyl groups excluding tert-OH is 2. The topological polar surface area (TPSA) is 117 Å². The van der Waals surface area contributed by atoms with Crippen molar-refractivity contribution >= 4 is 12.2 Å². The molecule has 0 saturated carbocycles. The Morgan fingerprint density at radius 1 is 0.738 bits per heavy atom. The molecule has 0 saturated heterocycles. The number of aliphatic hydroxyl groups is 2. The Balaban J connectivity index is 1.63. The molecule has 0 heterocycles. The predicted molar refractivity (Wildman–Crippen MR) is 163 cm³/mol. The van der Waals surface area contributed by atoms with E-state index in [1.54, 1.807) is 0 Å². The maximum absolute atomic E-state index is 12.4. The van der Waals surface area contributed by atoms with Gasteiger partial charge in [-0.25, -0.2) is 9.59 Å². The van der Waals surface area contributed by atoms with E-state index in [9.17, 15) is 19.8 Å². The molecule has 0 aliphatic rings. The van der Waals surface area contributed by atoms with Gasteiger partial charge in [-0.3, -0.25) is 0 Å². The standard InChI is InChI=1S/C32H50N4O6/c1-26(19-34-32(40)42-30(25-38)23-36(4,5)21-28-16-10-7-11-17-28)13-12-18-33-31(39)41-29(24-37)22-35(2,3)20-27-14-8-6-9-15-27/h6-11,14-17,26,29-30,37-38H,12-13,18-25H2,1-5H3/p+2. The van der Waals surface area contributed by atoms with Gasteiger partial charge in [0.1, 0.15) is 26.2 Å². The Kier molecular flexibility index (Phi) is 14.8. The van der Waals surface area contributed by atoms with E-state index >= 15 is 0 Å². The lowest BCUT2D eigenvalue weighted by Gasteiger charge is -2.32. The molecule has 42 heavy (non-hydrogen) atoms. The van der Waals surface area contributed by atoms with Crippen LogP contribution in [0.15, 0.2) is 60.7 Å². The van der Waals surface area contributed by atoms with Gasteiger partial charge in [0.05, 0.1) is 41.4 Å². The van der Waals surface area contributed by atoms with Crippen LogP contribution in [-0.4, -0.2) is 111 Å². The van der Waals surface area contributed by atoms with E-state index in [2.05, 4.69) is 34.9 Å². The van der Waals surface area contributed by atoms with Crippen molar-refractivity contribution in [2.24, 2.45) is 5.92 Å². The number of carbonyl (C=O) groups excluding carboxylic acids is 2. The second-order valence-corrected chi connectivity index (χ2v) is 12.5. The number of benzene rings is 2. The van der Waals surface area contributed by atoms with Gasteiger partial charge in [0.2, 0.25) is 0 Å². The molecule has 10 heteroatoms. The highest BCUT2D eigenvalue weighted by Crippen LogP contribution is 2.13. The molecule has 0 radical (unpaired) electrons. The summed E-state index contributed by atoms with van der Waals surface area (Å²) in [7, 11) is 8.16. The highest BCUT2D eigenvalue weighted by molar-refractivity contribution is 5.67. The molecule has 10 nitrogen and oxygen atoms in total. The monoisotopic (exact) mass is 588 g/mol. The fourth-order valence-corrected chi connectivity index (χ4v) is 5.04. The first-order valence-electron chi connectivity index (χ1n) is 14.7. The smallest absolute Gasteiger partial charge is 0.407 e. The van der Waals surface area contributed by atoms with E-state index in [1.807, 2.05) is 71.5 Å². The number of likely N-dealkylation sites (N-methyl/N-ethyl adjacent to an activating group) is 2. The Hall–Kier alpha value is -3.18. The number of nitrogens with zero attached hydrogens (tertiary/aromatic N) is 2. The van der Waals surface area contributed by atoms with E-state index in [0.717, 1.165) is 19.5 Å². The van der Waals surface area contributed by atoms with Gasteiger partial charge in [-0.1, -0.05) is 67.6 Å². The van der Waals surface area contributed by atoms with Crippen LogP contribution < -0.4 is 10.6 Å². The second kappa shape index (κ2) is 17.7. The van der Waals surface area contributed by atoms with Crippen LogP contribution in [0.25, 0.3) is 0 Å². The molecule has 2 amide bonds. The average Bonchev–Trinajstić information content (AvgIpc) is 2.93. The van der Waals surface area contributed by atoms with Crippen LogP contribution >= 0.6 is 0 Å². The van der Waals surface area contributed by atoms with Crippen molar-refractivity contribution in [3.05, 3.63) is 71.8 Å². The zero-order valence-electron chi connectivity index (χ0n) is 26.0. The Bertz CT molecular complexity index is 1050. The zero-order valence-corrected chi connectivity index (χ0v) is 26.0. The van der Waals surface area contributed by atoms with Gasteiger partial charge < -0.3 is 39.3 Å². The van der Waals surface area contributed by atoms with Crippen LogP contribution in [0.2, 0.25) is 0 Å². The van der Waals surface area contributed by atoms with E-state index in [0.29, 0.717) is 41.6 Å². The van der Waals surface area contributed by atoms with Crippen molar-refractivity contribution in [3.8, 4) is 0 Å². The van der Waals surface area contributed by atoms with Crippen LogP contribution in [0.4, 0.5) is 9.59 Å². The predicted octanol–water partition coefficient (Wildman–Crippen LogP) is 3.13. The van der Waals surface area contributed by atoms with E-state index < -0.39 is 24.4 Å². The zero-order chi connectivity index (χ0) is 31.0. The molecule has 0 aliphatic heterocycles. The number of nitrogens with one attached hydrogen (secondary N) is 2. The van der Waals surface area contributed by atoms with Gasteiger partial charge in [0.15, 0.2) is 12.2 Å². The van der Waals surface area contributed by atoms with E-state index in [-0.39, 0.29) is 19.1 Å². The Morgan fingerprint density at radius 3 is 1.60 bits per heavy atom. The average molecular weight is 589 g/mol. The fourth-order valence-electron chi connectivity index (χ4n) is 5.04. The molecule has 4 N–H and O–H groups in total. The summed E-state index contributed by atoms with van der Waals surface area (Å²) in [6.07, 6.45) is -0.840. The van der Waals surface area contributed by atoms with Gasteiger partial charge in [0, 0.05) is 24.2 Å². The van der Waals surface area contributed by atoms with Crippen LogP contribution in [0.5, 0.6) is 0 Å². The van der Waals surface area contributed by atoms with Crippen LogP contribution in [0.3, 0.4) is 0 Å². The number of rotatable bonds is 18. The molecule has 0 bridgehead atoms. The van der Waals surface area contributed by atoms with Crippen molar-refractivity contribution in [1.29, 1.82) is 0 Å². The third-order valence-electron chi connectivity index (χ3n) is 7.00. The molecular weight excluding hydrogens is 536 g/mol. The number of quaternary nitrogens is 2. The number of carbonyl (C=O) groups is 2. The second-order valence-electron chi connectivity index (χ2n) is 12.5. The van der Waals surface area contributed by atoms with Crippen LogP contribution in [-0.2, 0) is 22.6 Å². The van der Waals surface area contributed by atoms with Crippen LogP contribution in [0.1, 0.15) is 30.9 Å². The van der Waals surface area contributed by atoms with Gasteiger partial charge in [-0.15, -0.1) is 0 Å². The van der Waals surface area contributed by atoms with E-state index in [4.69, 9.17) is 9.47 Å². The van der Waals surface area contributed by atoms with E-state index in [1.165, 1.54) is 11.1 Å². The third-order valence-corrected chi connectivity index (χ3v) is 7.00. The first-order valence-corrected chi connectivity index (χ1v) is 14.7. The Morgan fingerprint density at radius 2 is 1.17 bits per heavy atom. The summed E-state index contributed by atoms with van der Waals surface area (Å²) in [6.45, 7) is 4.84. The summed E-state index contributed by atoms with van der Waals surface area (Å²) in [6, 6.07) is 20.1. The fraction of sp³-hybridized carbons (Fsp3) is 0.562. The lowest BCUT2D eigenvalue weighted by Crippen LogP contribution is -2.48. The minimum atomic E-state index is -0.611. The summed E-state index contributed by atoms with van der Waals surface area (Å²) in [5.41, 5.74) is 2.35. The lowest BCUT2D eigenvalue weighted by molar-refractivity contribution is -0.906. The normalized spacial score (nSPS) is 14.0. The SMILES string of the molecule is CC(CCCNC(=O)OC(CO)C[N+](C)(C)Cc1ccccc1)CNC(=O)OC(CO)C[N+](C)(C)Cc1ccccc1. The molecule has 2 rings (SSSR count). The molecule has 0 aromatic heterocycles. The molecule has 0 aliphatic carbocycles. The molecule has 2 aromatic rings. The van der Waals surface area contributed by atoms with Crippen molar-refractivity contribution < 1.29 is 38.2 Å². The van der Waals surface area contributed by atoms with Crippen molar-refractivity contribution in [1.82, 2.24) is 10.6 Å². The molecule has 234 valence electrons. The van der Waals surface area contributed by atoms with Crippen molar-refractivity contribution in [3.63, 3.8) is 0 Å². The minimum absolute atomic E-state index is 0.162. The number of ether oxygens (including phenoxy) is 2. The van der Waals surface area contributed by atoms with Gasteiger partial charge in [-0.05, 0) is 18.8 Å². The molecule has 3 unspecified atom stereocenters. The highest BCUT2D eigenvalue weighted by atomic mass is 16.6. The van der Waals surface area contributed by atoms with Gasteiger partial charge in [-0.2, -0.15) is 0 Å². The number of hydrogen-bond acceptors (Lipinski definition) is 6. The quantitative estimate of drug-likeness (QED) is 0.157. The maximum atomic E-state index is 12.4. The molecule has 3 atom stereocenters. The molecule has 0 fully saturated rings. The molecule has 0 spiro atoms. The highest BCUT2D eigenvalue weighted by Gasteiger charge is 2.26.